The minimum Gasteiger partial charge on any atom is -0.389 e. The van der Waals surface area contributed by atoms with Gasteiger partial charge < -0.3 is 14.6 Å². The van der Waals surface area contributed by atoms with Crippen LogP contribution in [-0.2, 0) is 20.9 Å². The number of rotatable bonds is 10. The molecule has 1 aromatic heterocycles. The van der Waals surface area contributed by atoms with Crippen LogP contribution in [0.15, 0.2) is 17.5 Å². The van der Waals surface area contributed by atoms with E-state index in [4.69, 9.17) is 14.3 Å². The van der Waals surface area contributed by atoms with Gasteiger partial charge in [0.25, 0.3) is 0 Å². The summed E-state index contributed by atoms with van der Waals surface area (Å²) in [4.78, 5) is 6.16. The molecule has 0 radical (unpaired) electrons. The maximum atomic E-state index is 9.54. The SMILES string of the molecule is COCCONCC(O)COCc1cccs1. The summed E-state index contributed by atoms with van der Waals surface area (Å²) in [5.74, 6) is 0. The quantitative estimate of drug-likeness (QED) is 0.482. The van der Waals surface area contributed by atoms with Gasteiger partial charge in [0.05, 0.1) is 32.5 Å². The summed E-state index contributed by atoms with van der Waals surface area (Å²) in [6.07, 6.45) is -0.572. The second-order valence-electron chi connectivity index (χ2n) is 3.44. The van der Waals surface area contributed by atoms with E-state index in [0.717, 1.165) is 4.88 Å². The second-order valence-corrected chi connectivity index (χ2v) is 4.47. The van der Waals surface area contributed by atoms with Crippen molar-refractivity contribution in [3.63, 3.8) is 0 Å². The minimum absolute atomic E-state index is 0.290. The summed E-state index contributed by atoms with van der Waals surface area (Å²) in [5, 5.41) is 11.5. The fourth-order valence-electron chi connectivity index (χ4n) is 1.10. The number of ether oxygens (including phenoxy) is 2. The normalized spacial score (nSPS) is 12.8. The van der Waals surface area contributed by atoms with Crippen molar-refractivity contribution >= 4 is 11.3 Å². The highest BCUT2D eigenvalue weighted by Gasteiger charge is 2.04. The van der Waals surface area contributed by atoms with E-state index in [-0.39, 0.29) is 0 Å². The first kappa shape index (κ1) is 14.6. The van der Waals surface area contributed by atoms with Crippen molar-refractivity contribution < 1.29 is 19.4 Å². The van der Waals surface area contributed by atoms with Gasteiger partial charge in [0, 0.05) is 18.5 Å². The Balaban J connectivity index is 1.92. The van der Waals surface area contributed by atoms with E-state index < -0.39 is 6.10 Å². The van der Waals surface area contributed by atoms with Crippen LogP contribution in [0.5, 0.6) is 0 Å². The highest BCUT2D eigenvalue weighted by atomic mass is 32.1. The van der Waals surface area contributed by atoms with Crippen LogP contribution in [0.1, 0.15) is 4.88 Å². The second kappa shape index (κ2) is 9.52. The van der Waals surface area contributed by atoms with Crippen molar-refractivity contribution in [2.24, 2.45) is 0 Å². The fraction of sp³-hybridized carbons (Fsp3) is 0.636. The van der Waals surface area contributed by atoms with Crippen LogP contribution in [0.3, 0.4) is 0 Å². The van der Waals surface area contributed by atoms with Crippen LogP contribution in [-0.4, -0.2) is 44.7 Å². The third-order valence-electron chi connectivity index (χ3n) is 1.95. The monoisotopic (exact) mass is 261 g/mol. The topological polar surface area (TPSA) is 60.0 Å². The van der Waals surface area contributed by atoms with Crippen molar-refractivity contribution in [3.8, 4) is 0 Å². The highest BCUT2D eigenvalue weighted by Crippen LogP contribution is 2.09. The van der Waals surface area contributed by atoms with Gasteiger partial charge in [-0.25, -0.2) is 0 Å². The molecule has 6 heteroatoms. The lowest BCUT2D eigenvalue weighted by Gasteiger charge is -2.11. The Hall–Kier alpha value is -0.500. The average molecular weight is 261 g/mol. The van der Waals surface area contributed by atoms with E-state index in [0.29, 0.717) is 33.0 Å². The Labute approximate surface area is 105 Å². The molecule has 5 nitrogen and oxygen atoms in total. The van der Waals surface area contributed by atoms with Gasteiger partial charge in [-0.15, -0.1) is 11.3 Å². The maximum absolute atomic E-state index is 9.54. The average Bonchev–Trinajstić information content (AvgIpc) is 2.82. The molecule has 0 saturated carbocycles. The van der Waals surface area contributed by atoms with E-state index in [9.17, 15) is 5.11 Å². The van der Waals surface area contributed by atoms with E-state index in [1.54, 1.807) is 18.4 Å². The Morgan fingerprint density at radius 2 is 2.35 bits per heavy atom. The van der Waals surface area contributed by atoms with Crippen LogP contribution in [0.4, 0.5) is 0 Å². The molecule has 98 valence electrons. The van der Waals surface area contributed by atoms with Crippen molar-refractivity contribution in [1.82, 2.24) is 5.48 Å². The molecule has 0 aromatic carbocycles. The zero-order chi connectivity index (χ0) is 12.3. The fourth-order valence-corrected chi connectivity index (χ4v) is 1.74. The van der Waals surface area contributed by atoms with Crippen LogP contribution >= 0.6 is 11.3 Å². The highest BCUT2D eigenvalue weighted by molar-refractivity contribution is 7.09. The van der Waals surface area contributed by atoms with E-state index in [2.05, 4.69) is 5.48 Å². The Morgan fingerprint density at radius 3 is 3.06 bits per heavy atom. The summed E-state index contributed by atoms with van der Waals surface area (Å²) in [6.45, 7) is 2.16. The first-order chi connectivity index (χ1) is 8.33. The summed E-state index contributed by atoms with van der Waals surface area (Å²) >= 11 is 1.64. The van der Waals surface area contributed by atoms with Gasteiger partial charge in [-0.2, -0.15) is 5.48 Å². The lowest BCUT2D eigenvalue weighted by molar-refractivity contribution is -0.0308. The van der Waals surface area contributed by atoms with Crippen LogP contribution in [0.2, 0.25) is 0 Å². The first-order valence-corrected chi connectivity index (χ1v) is 6.32. The number of nitrogens with one attached hydrogen (secondary N) is 1. The Morgan fingerprint density at radius 1 is 1.47 bits per heavy atom. The van der Waals surface area contributed by atoms with Crippen LogP contribution < -0.4 is 5.48 Å². The van der Waals surface area contributed by atoms with Crippen molar-refractivity contribution in [3.05, 3.63) is 22.4 Å². The predicted octanol–water partition coefficient (Wildman–Crippen LogP) is 0.793. The molecule has 1 unspecified atom stereocenters. The molecular formula is C11H19NO4S. The van der Waals surface area contributed by atoms with Gasteiger partial charge in [0.2, 0.25) is 0 Å². The Kier molecular flexibility index (Phi) is 8.16. The zero-order valence-electron chi connectivity index (χ0n) is 9.93. The van der Waals surface area contributed by atoms with Gasteiger partial charge in [-0.05, 0) is 11.4 Å². The number of hydroxylamine groups is 1. The Bertz CT molecular complexity index is 268. The lowest BCUT2D eigenvalue weighted by atomic mass is 10.4. The van der Waals surface area contributed by atoms with E-state index >= 15 is 0 Å². The molecule has 1 heterocycles. The molecule has 0 amide bonds. The largest absolute Gasteiger partial charge is 0.389 e. The number of hydrogen-bond acceptors (Lipinski definition) is 6. The molecule has 1 atom stereocenters. The number of aliphatic hydroxyl groups excluding tert-OH is 1. The van der Waals surface area contributed by atoms with Crippen molar-refractivity contribution in [1.29, 1.82) is 0 Å². The van der Waals surface area contributed by atoms with Gasteiger partial charge in [0.15, 0.2) is 0 Å². The van der Waals surface area contributed by atoms with Crippen molar-refractivity contribution in [2.75, 3.05) is 33.5 Å². The molecule has 0 spiro atoms. The number of hydrogen-bond donors (Lipinski definition) is 2. The first-order valence-electron chi connectivity index (χ1n) is 5.44. The van der Waals surface area contributed by atoms with Crippen LogP contribution in [0.25, 0.3) is 0 Å². The molecule has 0 aliphatic heterocycles. The van der Waals surface area contributed by atoms with Gasteiger partial charge in [-0.1, -0.05) is 6.07 Å². The smallest absolute Gasteiger partial charge is 0.0921 e. The van der Waals surface area contributed by atoms with Gasteiger partial charge >= 0.3 is 0 Å². The van der Waals surface area contributed by atoms with Gasteiger partial charge in [-0.3, -0.25) is 4.84 Å². The van der Waals surface area contributed by atoms with E-state index in [1.807, 2.05) is 17.5 Å². The molecule has 17 heavy (non-hydrogen) atoms. The standard InChI is InChI=1S/C11H19NO4S/c1-14-4-5-16-12-7-10(13)8-15-9-11-3-2-6-17-11/h2-3,6,10,12-13H,4-5,7-9H2,1H3. The lowest BCUT2D eigenvalue weighted by Crippen LogP contribution is -2.31. The molecule has 1 aromatic rings. The summed E-state index contributed by atoms with van der Waals surface area (Å²) in [6, 6.07) is 3.98. The molecular weight excluding hydrogens is 242 g/mol. The molecule has 0 aliphatic carbocycles. The summed E-state index contributed by atoms with van der Waals surface area (Å²) in [5.41, 5.74) is 2.66. The number of thiophene rings is 1. The molecule has 0 aliphatic rings. The molecule has 0 saturated heterocycles. The van der Waals surface area contributed by atoms with Crippen LogP contribution in [0, 0.1) is 0 Å². The third kappa shape index (κ3) is 7.43. The molecule has 1 rings (SSSR count). The van der Waals surface area contributed by atoms with Crippen molar-refractivity contribution in [2.45, 2.75) is 12.7 Å². The summed E-state index contributed by atoms with van der Waals surface area (Å²) < 4.78 is 10.2. The maximum Gasteiger partial charge on any atom is 0.0921 e. The molecule has 0 fully saturated rings. The minimum atomic E-state index is -0.572. The van der Waals surface area contributed by atoms with Gasteiger partial charge in [0.1, 0.15) is 0 Å². The molecule has 2 N–H and O–H groups in total. The summed E-state index contributed by atoms with van der Waals surface area (Å²) in [7, 11) is 1.61. The number of methoxy groups -OCH3 is 1. The molecule has 0 bridgehead atoms. The zero-order valence-corrected chi connectivity index (χ0v) is 10.7. The predicted molar refractivity (Wildman–Crippen MR) is 65.8 cm³/mol. The third-order valence-corrected chi connectivity index (χ3v) is 2.80. The number of aliphatic hydroxyl groups is 1. The van der Waals surface area contributed by atoms with E-state index in [1.165, 1.54) is 0 Å².